The standard InChI is InChI=1S/C25H35N5O2/c1-24(2)11-10-17-19(14-24)27-28-22(17)25(3)13-15-6-7-16(12-18(15)26-25)29(4)23(32)20-8-9-21(31)30(20)5/h6-7,12,17,19-20,26-27H,8-11,13-14H2,1-5H3/t17?,19?,20-,25?/m1/s1. The second-order valence-corrected chi connectivity index (χ2v) is 11.2. The van der Waals surface area contributed by atoms with Crippen molar-refractivity contribution in [3.8, 4) is 0 Å². The molecule has 1 aromatic carbocycles. The van der Waals surface area contributed by atoms with Gasteiger partial charge in [0.2, 0.25) is 11.8 Å². The molecule has 1 aliphatic carbocycles. The van der Waals surface area contributed by atoms with Crippen molar-refractivity contribution in [2.75, 3.05) is 24.3 Å². The molecule has 5 rings (SSSR count). The zero-order chi connectivity index (χ0) is 22.8. The van der Waals surface area contributed by atoms with E-state index in [2.05, 4.69) is 43.6 Å². The number of benzene rings is 1. The van der Waals surface area contributed by atoms with E-state index in [0.29, 0.717) is 30.2 Å². The van der Waals surface area contributed by atoms with Crippen LogP contribution in [0.1, 0.15) is 58.4 Å². The lowest BCUT2D eigenvalue weighted by molar-refractivity contribution is -0.132. The number of hydrogen-bond acceptors (Lipinski definition) is 5. The van der Waals surface area contributed by atoms with Crippen LogP contribution in [-0.4, -0.2) is 54.1 Å². The first-order valence-electron chi connectivity index (χ1n) is 11.9. The Morgan fingerprint density at radius 1 is 1.25 bits per heavy atom. The highest BCUT2D eigenvalue weighted by Gasteiger charge is 2.48. The third-order valence-electron chi connectivity index (χ3n) is 8.20. The third kappa shape index (κ3) is 3.37. The van der Waals surface area contributed by atoms with Gasteiger partial charge in [-0.25, -0.2) is 0 Å². The second-order valence-electron chi connectivity index (χ2n) is 11.2. The van der Waals surface area contributed by atoms with Crippen molar-refractivity contribution >= 4 is 28.9 Å². The molecule has 1 aromatic rings. The van der Waals surface area contributed by atoms with Crippen LogP contribution in [0.3, 0.4) is 0 Å². The van der Waals surface area contributed by atoms with Gasteiger partial charge in [0.1, 0.15) is 6.04 Å². The van der Waals surface area contributed by atoms with Gasteiger partial charge in [-0.3, -0.25) is 9.59 Å². The highest BCUT2D eigenvalue weighted by Crippen LogP contribution is 2.45. The molecule has 0 aromatic heterocycles. The van der Waals surface area contributed by atoms with Crippen molar-refractivity contribution in [2.24, 2.45) is 16.4 Å². The average Bonchev–Trinajstić information content (AvgIpc) is 3.41. The molecule has 7 heteroatoms. The number of rotatable bonds is 3. The highest BCUT2D eigenvalue weighted by atomic mass is 16.2. The molecule has 2 amide bonds. The molecule has 4 atom stereocenters. The van der Waals surface area contributed by atoms with Crippen molar-refractivity contribution in [1.82, 2.24) is 10.3 Å². The van der Waals surface area contributed by atoms with Crippen LogP contribution < -0.4 is 15.6 Å². The number of anilines is 2. The Hall–Kier alpha value is -2.57. The zero-order valence-electron chi connectivity index (χ0n) is 19.9. The van der Waals surface area contributed by atoms with Gasteiger partial charge in [-0.05, 0) is 55.7 Å². The summed E-state index contributed by atoms with van der Waals surface area (Å²) in [5.41, 5.74) is 8.02. The maximum absolute atomic E-state index is 13.0. The third-order valence-corrected chi connectivity index (χ3v) is 8.20. The van der Waals surface area contributed by atoms with E-state index in [0.717, 1.165) is 24.2 Å². The largest absolute Gasteiger partial charge is 0.374 e. The smallest absolute Gasteiger partial charge is 0.249 e. The minimum absolute atomic E-state index is 0.0314. The number of likely N-dealkylation sites (tertiary alicyclic amines) is 1. The lowest BCUT2D eigenvalue weighted by Gasteiger charge is -2.39. The maximum atomic E-state index is 13.0. The van der Waals surface area contributed by atoms with Crippen molar-refractivity contribution < 1.29 is 9.59 Å². The highest BCUT2D eigenvalue weighted by molar-refractivity contribution is 6.02. The van der Waals surface area contributed by atoms with Crippen molar-refractivity contribution in [3.05, 3.63) is 23.8 Å². The van der Waals surface area contributed by atoms with E-state index in [9.17, 15) is 9.59 Å². The molecule has 3 heterocycles. The van der Waals surface area contributed by atoms with E-state index in [4.69, 9.17) is 5.10 Å². The first-order chi connectivity index (χ1) is 15.1. The van der Waals surface area contributed by atoms with Gasteiger partial charge in [-0.2, -0.15) is 5.10 Å². The predicted octanol–water partition coefficient (Wildman–Crippen LogP) is 3.15. The van der Waals surface area contributed by atoms with Gasteiger partial charge in [-0.15, -0.1) is 0 Å². The number of nitrogens with one attached hydrogen (secondary N) is 2. The quantitative estimate of drug-likeness (QED) is 0.762. The summed E-state index contributed by atoms with van der Waals surface area (Å²) in [7, 11) is 3.52. The second kappa shape index (κ2) is 7.22. The number of likely N-dealkylation sites (N-methyl/N-ethyl adjacent to an activating group) is 2. The van der Waals surface area contributed by atoms with Crippen LogP contribution in [0.2, 0.25) is 0 Å². The molecule has 2 fully saturated rings. The van der Waals surface area contributed by atoms with Crippen LogP contribution in [0.15, 0.2) is 23.3 Å². The van der Waals surface area contributed by atoms with Crippen LogP contribution in [0.25, 0.3) is 0 Å². The summed E-state index contributed by atoms with van der Waals surface area (Å²) in [6.45, 7) is 6.96. The normalized spacial score (nSPS) is 32.7. The van der Waals surface area contributed by atoms with Crippen molar-refractivity contribution in [3.63, 3.8) is 0 Å². The molecule has 4 aliphatic rings. The summed E-state index contributed by atoms with van der Waals surface area (Å²) in [6, 6.07) is 6.27. The Kier molecular flexibility index (Phi) is 4.80. The summed E-state index contributed by atoms with van der Waals surface area (Å²) < 4.78 is 0. The van der Waals surface area contributed by atoms with Gasteiger partial charge in [0, 0.05) is 44.2 Å². The number of hydrogen-bond donors (Lipinski definition) is 2. The Morgan fingerprint density at radius 3 is 2.75 bits per heavy atom. The van der Waals surface area contributed by atoms with E-state index >= 15 is 0 Å². The first-order valence-corrected chi connectivity index (χ1v) is 11.9. The fourth-order valence-corrected chi connectivity index (χ4v) is 6.18. The minimum Gasteiger partial charge on any atom is -0.374 e. The van der Waals surface area contributed by atoms with Gasteiger partial charge in [0.15, 0.2) is 0 Å². The molecule has 7 nitrogen and oxygen atoms in total. The molecular weight excluding hydrogens is 402 g/mol. The van der Waals surface area contributed by atoms with Crippen LogP contribution in [0, 0.1) is 11.3 Å². The minimum atomic E-state index is -0.370. The number of nitrogens with zero attached hydrogens (tertiary/aromatic N) is 3. The molecule has 172 valence electrons. The van der Waals surface area contributed by atoms with E-state index in [-0.39, 0.29) is 23.4 Å². The van der Waals surface area contributed by atoms with Gasteiger partial charge < -0.3 is 20.5 Å². The van der Waals surface area contributed by atoms with Crippen LogP contribution >= 0.6 is 0 Å². The lowest BCUT2D eigenvalue weighted by atomic mass is 9.67. The number of amides is 2. The van der Waals surface area contributed by atoms with Gasteiger partial charge in [0.25, 0.3) is 0 Å². The summed E-state index contributed by atoms with van der Waals surface area (Å²) in [4.78, 5) is 28.2. The summed E-state index contributed by atoms with van der Waals surface area (Å²) in [6.07, 6.45) is 5.49. The maximum Gasteiger partial charge on any atom is 0.249 e. The van der Waals surface area contributed by atoms with Crippen molar-refractivity contribution in [1.29, 1.82) is 0 Å². The van der Waals surface area contributed by atoms with E-state index < -0.39 is 0 Å². The molecule has 0 spiro atoms. The monoisotopic (exact) mass is 437 g/mol. The molecule has 1 saturated carbocycles. The van der Waals surface area contributed by atoms with Crippen LogP contribution in [0.5, 0.6) is 0 Å². The van der Waals surface area contributed by atoms with E-state index in [1.165, 1.54) is 24.1 Å². The number of carbonyl (C=O) groups excluding carboxylic acids is 2. The fourth-order valence-electron chi connectivity index (χ4n) is 6.18. The van der Waals surface area contributed by atoms with E-state index in [1.54, 1.807) is 23.9 Å². The Morgan fingerprint density at radius 2 is 2.03 bits per heavy atom. The molecule has 0 radical (unpaired) electrons. The fraction of sp³-hybridized carbons (Fsp3) is 0.640. The van der Waals surface area contributed by atoms with Crippen molar-refractivity contribution in [2.45, 2.75) is 76.9 Å². The van der Waals surface area contributed by atoms with Gasteiger partial charge in [0.05, 0.1) is 17.3 Å². The molecule has 1 saturated heterocycles. The van der Waals surface area contributed by atoms with Crippen LogP contribution in [-0.2, 0) is 16.0 Å². The molecule has 3 unspecified atom stereocenters. The lowest BCUT2D eigenvalue weighted by Crippen LogP contribution is -2.48. The summed E-state index contributed by atoms with van der Waals surface area (Å²) >= 11 is 0. The molecular formula is C25H35N5O2. The topological polar surface area (TPSA) is 77.0 Å². The van der Waals surface area contributed by atoms with E-state index in [1.807, 2.05) is 6.07 Å². The Labute approximate surface area is 190 Å². The SMILES string of the molecule is CN(C(=O)[C@H]1CCC(=O)N1C)c1ccc2c(c1)NC(C)(C1=NNC3CC(C)(C)CCC13)C2. The number of fused-ring (bicyclic) bond motifs is 2. The van der Waals surface area contributed by atoms with Crippen LogP contribution in [0.4, 0.5) is 11.4 Å². The molecule has 0 bridgehead atoms. The summed E-state index contributed by atoms with van der Waals surface area (Å²) in [5.74, 6) is 0.489. The van der Waals surface area contributed by atoms with Gasteiger partial charge in [-0.1, -0.05) is 19.9 Å². The van der Waals surface area contributed by atoms with Gasteiger partial charge >= 0.3 is 0 Å². The number of carbonyl (C=O) groups is 2. The molecule has 2 N–H and O–H groups in total. The Balaban J connectivity index is 1.33. The summed E-state index contributed by atoms with van der Waals surface area (Å²) in [5, 5.41) is 8.59. The molecule has 3 aliphatic heterocycles. The first kappa shape index (κ1) is 21.3. The number of hydrazone groups is 1. The average molecular weight is 438 g/mol. The zero-order valence-corrected chi connectivity index (χ0v) is 19.9. The Bertz CT molecular complexity index is 1000. The molecule has 32 heavy (non-hydrogen) atoms. The predicted molar refractivity (Wildman–Crippen MR) is 127 cm³/mol.